The zero-order chi connectivity index (χ0) is 19.6. The lowest BCUT2D eigenvalue weighted by Crippen LogP contribution is -2.30. The largest absolute Gasteiger partial charge is 0.454 e. The van der Waals surface area contributed by atoms with Crippen LogP contribution in [-0.4, -0.2) is 29.7 Å². The summed E-state index contributed by atoms with van der Waals surface area (Å²) in [6, 6.07) is 8.22. The SMILES string of the molecule is C[C@H](OC(=O)c1cc([N+](=O)[O-])ccc1N)C(=O)Nc1ccc2c(c1)OCO2. The Balaban J connectivity index is 1.66. The highest BCUT2D eigenvalue weighted by Crippen LogP contribution is 2.34. The van der Waals surface area contributed by atoms with Gasteiger partial charge in [0.15, 0.2) is 17.6 Å². The molecule has 10 heteroatoms. The number of anilines is 2. The van der Waals surface area contributed by atoms with E-state index in [1.165, 1.54) is 19.1 Å². The van der Waals surface area contributed by atoms with Gasteiger partial charge in [-0.25, -0.2) is 4.79 Å². The molecule has 0 aromatic heterocycles. The summed E-state index contributed by atoms with van der Waals surface area (Å²) in [5, 5.41) is 13.4. The van der Waals surface area contributed by atoms with Crippen LogP contribution in [0, 0.1) is 10.1 Å². The van der Waals surface area contributed by atoms with Gasteiger partial charge < -0.3 is 25.3 Å². The number of esters is 1. The van der Waals surface area contributed by atoms with E-state index >= 15 is 0 Å². The molecule has 10 nitrogen and oxygen atoms in total. The van der Waals surface area contributed by atoms with Crippen molar-refractivity contribution in [1.29, 1.82) is 0 Å². The molecule has 0 fully saturated rings. The second-order valence-electron chi connectivity index (χ2n) is 5.63. The zero-order valence-corrected chi connectivity index (χ0v) is 14.1. The van der Waals surface area contributed by atoms with Gasteiger partial charge in [-0.2, -0.15) is 0 Å². The number of benzene rings is 2. The summed E-state index contributed by atoms with van der Waals surface area (Å²) in [7, 11) is 0. The first-order valence-electron chi connectivity index (χ1n) is 7.80. The predicted molar refractivity (Wildman–Crippen MR) is 93.6 cm³/mol. The van der Waals surface area contributed by atoms with E-state index in [0.717, 1.165) is 6.07 Å². The van der Waals surface area contributed by atoms with Crippen LogP contribution in [0.5, 0.6) is 11.5 Å². The lowest BCUT2D eigenvalue weighted by atomic mass is 10.1. The fraction of sp³-hybridized carbons (Fsp3) is 0.176. The number of nitrogen functional groups attached to an aromatic ring is 1. The number of non-ortho nitro benzene ring substituents is 1. The minimum atomic E-state index is -1.17. The third kappa shape index (κ3) is 3.89. The quantitative estimate of drug-likeness (QED) is 0.351. The number of ether oxygens (including phenoxy) is 3. The van der Waals surface area contributed by atoms with Crippen LogP contribution in [-0.2, 0) is 9.53 Å². The molecule has 27 heavy (non-hydrogen) atoms. The molecule has 1 amide bonds. The fourth-order valence-electron chi connectivity index (χ4n) is 2.33. The number of hydrogen-bond donors (Lipinski definition) is 2. The van der Waals surface area contributed by atoms with Crippen molar-refractivity contribution in [2.75, 3.05) is 17.8 Å². The molecule has 0 radical (unpaired) electrons. The van der Waals surface area contributed by atoms with Crippen molar-refractivity contribution < 1.29 is 28.7 Å². The Kier molecular flexibility index (Phi) is 4.79. The molecule has 3 rings (SSSR count). The van der Waals surface area contributed by atoms with E-state index in [1.807, 2.05) is 0 Å². The molecule has 1 aliphatic rings. The summed E-state index contributed by atoms with van der Waals surface area (Å²) < 4.78 is 15.5. The molecule has 0 bridgehead atoms. The highest BCUT2D eigenvalue weighted by atomic mass is 16.7. The molecule has 2 aromatic carbocycles. The summed E-state index contributed by atoms with van der Waals surface area (Å²) >= 11 is 0. The number of hydrogen-bond acceptors (Lipinski definition) is 8. The van der Waals surface area contributed by atoms with Crippen LogP contribution in [0.15, 0.2) is 36.4 Å². The van der Waals surface area contributed by atoms with Gasteiger partial charge in [0.05, 0.1) is 10.5 Å². The normalized spacial score (nSPS) is 12.9. The van der Waals surface area contributed by atoms with Gasteiger partial charge >= 0.3 is 5.97 Å². The predicted octanol–water partition coefficient (Wildman–Crippen LogP) is 2.09. The van der Waals surface area contributed by atoms with Crippen molar-refractivity contribution in [2.45, 2.75) is 13.0 Å². The number of nitro benzene ring substituents is 1. The zero-order valence-electron chi connectivity index (χ0n) is 14.1. The maximum atomic E-state index is 12.2. The Labute approximate surface area is 153 Å². The third-order valence-electron chi connectivity index (χ3n) is 3.76. The van der Waals surface area contributed by atoms with E-state index < -0.39 is 22.9 Å². The fourth-order valence-corrected chi connectivity index (χ4v) is 2.33. The number of carbonyl (C=O) groups is 2. The molecule has 3 N–H and O–H groups in total. The van der Waals surface area contributed by atoms with E-state index in [2.05, 4.69) is 5.32 Å². The number of fused-ring (bicyclic) bond motifs is 1. The molecule has 0 unspecified atom stereocenters. The van der Waals surface area contributed by atoms with E-state index in [0.29, 0.717) is 17.2 Å². The summed E-state index contributed by atoms with van der Waals surface area (Å²) in [6.07, 6.45) is -1.17. The molecule has 0 saturated carbocycles. The second kappa shape index (κ2) is 7.20. The number of nitrogens with two attached hydrogens (primary N) is 1. The number of rotatable bonds is 5. The first-order chi connectivity index (χ1) is 12.8. The number of nitrogens with one attached hydrogen (secondary N) is 1. The molecule has 2 aromatic rings. The summed E-state index contributed by atoms with van der Waals surface area (Å²) in [6.45, 7) is 1.47. The van der Waals surface area contributed by atoms with Gasteiger partial charge in [-0.3, -0.25) is 14.9 Å². The van der Waals surface area contributed by atoms with Crippen LogP contribution < -0.4 is 20.5 Å². The Morgan fingerprint density at radius 3 is 2.70 bits per heavy atom. The lowest BCUT2D eigenvalue weighted by molar-refractivity contribution is -0.384. The topological polar surface area (TPSA) is 143 Å². The highest BCUT2D eigenvalue weighted by molar-refractivity contribution is 6.00. The molecule has 0 spiro atoms. The molecule has 1 heterocycles. The van der Waals surface area contributed by atoms with Gasteiger partial charge in [0.1, 0.15) is 0 Å². The van der Waals surface area contributed by atoms with Crippen LogP contribution >= 0.6 is 0 Å². The van der Waals surface area contributed by atoms with Gasteiger partial charge in [0.2, 0.25) is 6.79 Å². The number of nitro groups is 1. The monoisotopic (exact) mass is 373 g/mol. The third-order valence-corrected chi connectivity index (χ3v) is 3.76. The number of nitrogens with zero attached hydrogens (tertiary/aromatic N) is 1. The summed E-state index contributed by atoms with van der Waals surface area (Å²) in [5.41, 5.74) is 5.61. The van der Waals surface area contributed by atoms with Gasteiger partial charge in [-0.15, -0.1) is 0 Å². The lowest BCUT2D eigenvalue weighted by Gasteiger charge is -2.14. The Hall–Kier alpha value is -3.82. The van der Waals surface area contributed by atoms with Crippen LogP contribution in [0.2, 0.25) is 0 Å². The van der Waals surface area contributed by atoms with Crippen molar-refractivity contribution in [3.8, 4) is 11.5 Å². The maximum absolute atomic E-state index is 12.2. The van der Waals surface area contributed by atoms with Crippen molar-refractivity contribution in [1.82, 2.24) is 0 Å². The minimum Gasteiger partial charge on any atom is -0.454 e. The maximum Gasteiger partial charge on any atom is 0.341 e. The summed E-state index contributed by atoms with van der Waals surface area (Å²) in [5.74, 6) is -0.480. The van der Waals surface area contributed by atoms with Gasteiger partial charge in [0, 0.05) is 29.6 Å². The van der Waals surface area contributed by atoms with E-state index in [9.17, 15) is 19.7 Å². The van der Waals surface area contributed by atoms with Gasteiger partial charge in [-0.05, 0) is 25.1 Å². The molecular formula is C17H15N3O7. The first-order valence-corrected chi connectivity index (χ1v) is 7.80. The van der Waals surface area contributed by atoms with Crippen molar-refractivity contribution in [3.63, 3.8) is 0 Å². The molecule has 0 saturated heterocycles. The van der Waals surface area contributed by atoms with Crippen molar-refractivity contribution in [2.24, 2.45) is 0 Å². The van der Waals surface area contributed by atoms with Crippen LogP contribution in [0.25, 0.3) is 0 Å². The smallest absolute Gasteiger partial charge is 0.341 e. The second-order valence-corrected chi connectivity index (χ2v) is 5.63. The van der Waals surface area contributed by atoms with Crippen LogP contribution in [0.3, 0.4) is 0 Å². The highest BCUT2D eigenvalue weighted by Gasteiger charge is 2.23. The van der Waals surface area contributed by atoms with Crippen molar-refractivity contribution >= 4 is 28.9 Å². The Morgan fingerprint density at radius 1 is 1.22 bits per heavy atom. The van der Waals surface area contributed by atoms with Crippen LogP contribution in [0.4, 0.5) is 17.1 Å². The standard InChI is InChI=1S/C17H15N3O7/c1-9(16(21)19-10-2-5-14-15(6-10)26-8-25-14)27-17(22)12-7-11(20(23)24)3-4-13(12)18/h2-7,9H,8,18H2,1H3,(H,19,21)/t9-/m0/s1. The van der Waals surface area contributed by atoms with Crippen molar-refractivity contribution in [3.05, 3.63) is 52.1 Å². The Morgan fingerprint density at radius 2 is 1.96 bits per heavy atom. The number of carbonyl (C=O) groups excluding carboxylic acids is 2. The van der Waals surface area contributed by atoms with E-state index in [1.54, 1.807) is 18.2 Å². The molecule has 140 valence electrons. The summed E-state index contributed by atoms with van der Waals surface area (Å²) in [4.78, 5) is 34.6. The molecular weight excluding hydrogens is 358 g/mol. The first kappa shape index (κ1) is 18.0. The minimum absolute atomic E-state index is 0.00831. The molecule has 0 aliphatic carbocycles. The molecule has 1 atom stereocenters. The van der Waals surface area contributed by atoms with Crippen LogP contribution in [0.1, 0.15) is 17.3 Å². The molecule has 1 aliphatic heterocycles. The van der Waals surface area contributed by atoms with E-state index in [-0.39, 0.29) is 23.7 Å². The average Bonchev–Trinajstić information content (AvgIpc) is 3.09. The number of amides is 1. The van der Waals surface area contributed by atoms with Gasteiger partial charge in [-0.1, -0.05) is 0 Å². The Bertz CT molecular complexity index is 929. The van der Waals surface area contributed by atoms with Gasteiger partial charge in [0.25, 0.3) is 11.6 Å². The van der Waals surface area contributed by atoms with E-state index in [4.69, 9.17) is 19.9 Å². The average molecular weight is 373 g/mol.